The van der Waals surface area contributed by atoms with Crippen molar-refractivity contribution in [3.8, 4) is 11.5 Å². The molecule has 0 atom stereocenters. The van der Waals surface area contributed by atoms with E-state index in [1.165, 1.54) is 6.92 Å². The number of para-hydroxylation sites is 1. The first kappa shape index (κ1) is 16.8. The second-order valence-corrected chi connectivity index (χ2v) is 5.74. The van der Waals surface area contributed by atoms with E-state index in [0.29, 0.717) is 36.0 Å². The summed E-state index contributed by atoms with van der Waals surface area (Å²) in [5.74, 6) is 1.11. The third-order valence-corrected chi connectivity index (χ3v) is 4.03. The summed E-state index contributed by atoms with van der Waals surface area (Å²) < 4.78 is 10.8. The highest BCUT2D eigenvalue weighted by molar-refractivity contribution is 5.97. The number of rotatable bonds is 4. The maximum Gasteiger partial charge on any atom is 0.228 e. The Kier molecular flexibility index (Phi) is 4.88. The summed E-state index contributed by atoms with van der Waals surface area (Å²) in [5, 5.41) is 2.86. The first-order valence-corrected chi connectivity index (χ1v) is 8.05. The molecule has 2 aromatic carbocycles. The van der Waals surface area contributed by atoms with Crippen LogP contribution in [0.3, 0.4) is 0 Å². The van der Waals surface area contributed by atoms with Crippen molar-refractivity contribution < 1.29 is 19.1 Å². The van der Waals surface area contributed by atoms with E-state index in [-0.39, 0.29) is 18.2 Å². The van der Waals surface area contributed by atoms with Crippen molar-refractivity contribution in [1.82, 2.24) is 0 Å². The van der Waals surface area contributed by atoms with E-state index in [1.54, 1.807) is 30.2 Å². The van der Waals surface area contributed by atoms with Gasteiger partial charge < -0.3 is 19.7 Å². The molecule has 0 spiro atoms. The number of nitrogens with one attached hydrogen (secondary N) is 1. The van der Waals surface area contributed by atoms with E-state index >= 15 is 0 Å². The van der Waals surface area contributed by atoms with Gasteiger partial charge in [0.1, 0.15) is 18.1 Å². The molecule has 6 heteroatoms. The summed E-state index contributed by atoms with van der Waals surface area (Å²) >= 11 is 0. The van der Waals surface area contributed by atoms with Gasteiger partial charge in [0.2, 0.25) is 11.8 Å². The first-order chi connectivity index (χ1) is 12.1. The molecule has 3 rings (SSSR count). The monoisotopic (exact) mass is 340 g/mol. The van der Waals surface area contributed by atoms with E-state index in [2.05, 4.69) is 5.32 Å². The van der Waals surface area contributed by atoms with Crippen LogP contribution in [0.25, 0.3) is 0 Å². The molecule has 0 fully saturated rings. The van der Waals surface area contributed by atoms with Crippen LogP contribution >= 0.6 is 0 Å². The van der Waals surface area contributed by atoms with Gasteiger partial charge in [-0.1, -0.05) is 18.2 Å². The number of hydrogen-bond donors (Lipinski definition) is 1. The number of carbonyl (C=O) groups is 2. The fourth-order valence-corrected chi connectivity index (χ4v) is 2.85. The second-order valence-electron chi connectivity index (χ2n) is 5.74. The summed E-state index contributed by atoms with van der Waals surface area (Å²) in [4.78, 5) is 25.8. The van der Waals surface area contributed by atoms with Crippen LogP contribution in [0.5, 0.6) is 11.5 Å². The number of ether oxygens (including phenoxy) is 2. The molecule has 2 aromatic rings. The van der Waals surface area contributed by atoms with Gasteiger partial charge >= 0.3 is 0 Å². The SMILES string of the molecule is COc1ccccc1CC(=O)Nc1ccc2c(c1)N(C(C)=O)CCO2. The van der Waals surface area contributed by atoms with Crippen molar-refractivity contribution in [1.29, 1.82) is 0 Å². The lowest BCUT2D eigenvalue weighted by Gasteiger charge is -2.29. The number of fused-ring (bicyclic) bond motifs is 1. The largest absolute Gasteiger partial charge is 0.496 e. The molecule has 6 nitrogen and oxygen atoms in total. The number of carbonyl (C=O) groups excluding carboxylic acids is 2. The zero-order chi connectivity index (χ0) is 17.8. The van der Waals surface area contributed by atoms with Crippen molar-refractivity contribution in [3.05, 3.63) is 48.0 Å². The summed E-state index contributed by atoms with van der Waals surface area (Å²) in [5.41, 5.74) is 2.11. The Morgan fingerprint density at radius 1 is 1.24 bits per heavy atom. The van der Waals surface area contributed by atoms with Crippen LogP contribution in [-0.2, 0) is 16.0 Å². The van der Waals surface area contributed by atoms with E-state index in [0.717, 1.165) is 5.56 Å². The predicted octanol–water partition coefficient (Wildman–Crippen LogP) is 2.62. The fourth-order valence-electron chi connectivity index (χ4n) is 2.85. The molecule has 0 saturated heterocycles. The summed E-state index contributed by atoms with van der Waals surface area (Å²) in [6.07, 6.45) is 0.202. The van der Waals surface area contributed by atoms with Gasteiger partial charge in [0, 0.05) is 18.2 Å². The molecule has 0 saturated carbocycles. The van der Waals surface area contributed by atoms with Crippen molar-refractivity contribution in [2.75, 3.05) is 30.5 Å². The van der Waals surface area contributed by atoms with Gasteiger partial charge in [-0.25, -0.2) is 0 Å². The topological polar surface area (TPSA) is 67.9 Å². The van der Waals surface area contributed by atoms with Crippen LogP contribution in [0.2, 0.25) is 0 Å². The third kappa shape index (κ3) is 3.74. The van der Waals surface area contributed by atoms with Gasteiger partial charge in [-0.2, -0.15) is 0 Å². The first-order valence-electron chi connectivity index (χ1n) is 8.05. The summed E-state index contributed by atoms with van der Waals surface area (Å²) in [6.45, 7) is 2.48. The Bertz CT molecular complexity index is 804. The average molecular weight is 340 g/mol. The molecule has 1 aliphatic heterocycles. The van der Waals surface area contributed by atoms with Gasteiger partial charge in [0.25, 0.3) is 0 Å². The van der Waals surface area contributed by atoms with Gasteiger partial charge in [-0.3, -0.25) is 9.59 Å². The van der Waals surface area contributed by atoms with Crippen LogP contribution in [0.1, 0.15) is 12.5 Å². The number of nitrogens with zero attached hydrogens (tertiary/aromatic N) is 1. The lowest BCUT2D eigenvalue weighted by atomic mass is 10.1. The minimum atomic E-state index is -0.157. The summed E-state index contributed by atoms with van der Waals surface area (Å²) in [6, 6.07) is 12.7. The Labute approximate surface area is 146 Å². The number of amides is 2. The number of methoxy groups -OCH3 is 1. The highest BCUT2D eigenvalue weighted by atomic mass is 16.5. The molecule has 0 bridgehead atoms. The fraction of sp³-hybridized carbons (Fsp3) is 0.263. The maximum atomic E-state index is 12.4. The van der Waals surface area contributed by atoms with Crippen LogP contribution < -0.4 is 19.7 Å². The molecule has 1 aliphatic rings. The highest BCUT2D eigenvalue weighted by Crippen LogP contribution is 2.34. The molecule has 0 aromatic heterocycles. The minimum Gasteiger partial charge on any atom is -0.496 e. The van der Waals surface area contributed by atoms with Gasteiger partial charge in [-0.15, -0.1) is 0 Å². The molecule has 0 radical (unpaired) electrons. The third-order valence-electron chi connectivity index (χ3n) is 4.03. The van der Waals surface area contributed by atoms with Crippen molar-refractivity contribution in [3.63, 3.8) is 0 Å². The number of benzene rings is 2. The zero-order valence-corrected chi connectivity index (χ0v) is 14.2. The Hall–Kier alpha value is -3.02. The lowest BCUT2D eigenvalue weighted by molar-refractivity contribution is -0.117. The van der Waals surface area contributed by atoms with E-state index in [9.17, 15) is 9.59 Å². The molecule has 130 valence electrons. The molecule has 1 heterocycles. The molecular formula is C19H20N2O4. The normalized spacial score (nSPS) is 12.8. The number of anilines is 2. The van der Waals surface area contributed by atoms with Crippen molar-refractivity contribution >= 4 is 23.2 Å². The van der Waals surface area contributed by atoms with E-state index in [4.69, 9.17) is 9.47 Å². The quantitative estimate of drug-likeness (QED) is 0.929. The van der Waals surface area contributed by atoms with Crippen LogP contribution in [-0.4, -0.2) is 32.1 Å². The van der Waals surface area contributed by atoms with Crippen LogP contribution in [0, 0.1) is 0 Å². The number of hydrogen-bond acceptors (Lipinski definition) is 4. The minimum absolute atomic E-state index is 0.0537. The Balaban J connectivity index is 1.76. The second kappa shape index (κ2) is 7.25. The van der Waals surface area contributed by atoms with Gasteiger partial charge in [0.05, 0.1) is 25.8 Å². The van der Waals surface area contributed by atoms with Crippen LogP contribution in [0.15, 0.2) is 42.5 Å². The highest BCUT2D eigenvalue weighted by Gasteiger charge is 2.21. The molecule has 1 N–H and O–H groups in total. The van der Waals surface area contributed by atoms with Gasteiger partial charge in [0.15, 0.2) is 0 Å². The maximum absolute atomic E-state index is 12.4. The molecule has 25 heavy (non-hydrogen) atoms. The van der Waals surface area contributed by atoms with E-state index in [1.807, 2.05) is 24.3 Å². The molecular weight excluding hydrogens is 320 g/mol. The van der Waals surface area contributed by atoms with Crippen LogP contribution in [0.4, 0.5) is 11.4 Å². The molecule has 0 unspecified atom stereocenters. The van der Waals surface area contributed by atoms with Crippen molar-refractivity contribution in [2.24, 2.45) is 0 Å². The lowest BCUT2D eigenvalue weighted by Crippen LogP contribution is -2.36. The Morgan fingerprint density at radius 2 is 2.04 bits per heavy atom. The zero-order valence-electron chi connectivity index (χ0n) is 14.2. The Morgan fingerprint density at radius 3 is 2.80 bits per heavy atom. The standard InChI is InChI=1S/C19H20N2O4/c1-13(22)21-9-10-25-18-8-7-15(12-16(18)21)20-19(23)11-14-5-3-4-6-17(14)24-2/h3-8,12H,9-11H2,1-2H3,(H,20,23). The van der Waals surface area contributed by atoms with E-state index < -0.39 is 0 Å². The smallest absolute Gasteiger partial charge is 0.228 e. The molecule has 0 aliphatic carbocycles. The molecule has 2 amide bonds. The predicted molar refractivity (Wildman–Crippen MR) is 95.3 cm³/mol. The van der Waals surface area contributed by atoms with Crippen molar-refractivity contribution in [2.45, 2.75) is 13.3 Å². The van der Waals surface area contributed by atoms with Gasteiger partial charge in [-0.05, 0) is 24.3 Å². The summed E-state index contributed by atoms with van der Waals surface area (Å²) in [7, 11) is 1.58. The average Bonchev–Trinajstić information content (AvgIpc) is 2.61.